The van der Waals surface area contributed by atoms with Gasteiger partial charge in [0.1, 0.15) is 23.4 Å². The Balaban J connectivity index is 1.39. The third kappa shape index (κ3) is 4.88. The van der Waals surface area contributed by atoms with Crippen LogP contribution in [0.3, 0.4) is 0 Å². The summed E-state index contributed by atoms with van der Waals surface area (Å²) in [6.07, 6.45) is 1.98. The number of benzene rings is 2. The van der Waals surface area contributed by atoms with E-state index in [0.29, 0.717) is 43.0 Å². The highest BCUT2D eigenvalue weighted by Crippen LogP contribution is 2.28. The topological polar surface area (TPSA) is 99.8 Å². The van der Waals surface area contributed by atoms with Crippen LogP contribution in [0.25, 0.3) is 0 Å². The molecule has 0 radical (unpaired) electrons. The maximum Gasteiger partial charge on any atom is 0.318 e. The minimum Gasteiger partial charge on any atom is -0.497 e. The number of anilines is 1. The Labute approximate surface area is 184 Å². The van der Waals surface area contributed by atoms with Gasteiger partial charge in [-0.15, -0.1) is 0 Å². The fourth-order valence-corrected chi connectivity index (χ4v) is 3.42. The van der Waals surface area contributed by atoms with Gasteiger partial charge in [0.25, 0.3) is 5.91 Å². The molecule has 0 spiro atoms. The Kier molecular flexibility index (Phi) is 6.34. The smallest absolute Gasteiger partial charge is 0.318 e. The Hall–Kier alpha value is -3.88. The first-order chi connectivity index (χ1) is 15.5. The molecule has 0 aliphatic carbocycles. The van der Waals surface area contributed by atoms with Gasteiger partial charge in [-0.05, 0) is 36.4 Å². The number of hydrogen-bond donors (Lipinski definition) is 1. The first-order valence-electron chi connectivity index (χ1n) is 10.2. The normalized spacial score (nSPS) is 14.1. The van der Waals surface area contributed by atoms with E-state index >= 15 is 0 Å². The second-order valence-corrected chi connectivity index (χ2v) is 7.27. The van der Waals surface area contributed by atoms with Crippen LogP contribution >= 0.6 is 0 Å². The Morgan fingerprint density at radius 2 is 1.78 bits per heavy atom. The molecule has 0 atom stereocenters. The molecule has 2 N–H and O–H groups in total. The average molecular weight is 438 g/mol. The molecule has 0 bridgehead atoms. The summed E-state index contributed by atoms with van der Waals surface area (Å²) in [5.41, 5.74) is 5.94. The summed E-state index contributed by atoms with van der Waals surface area (Å²) < 4.78 is 30.0. The molecule has 1 aromatic heterocycles. The fourth-order valence-electron chi connectivity index (χ4n) is 3.42. The maximum atomic E-state index is 13.2. The molecule has 1 saturated heterocycles. The number of nitrogen functional groups attached to an aromatic ring is 1. The summed E-state index contributed by atoms with van der Waals surface area (Å²) in [5, 5.41) is 0. The van der Waals surface area contributed by atoms with Crippen molar-refractivity contribution >= 4 is 11.7 Å². The Bertz CT molecular complexity index is 1090. The van der Waals surface area contributed by atoms with Crippen LogP contribution < -0.4 is 19.9 Å². The van der Waals surface area contributed by atoms with Crippen LogP contribution in [0.5, 0.6) is 23.3 Å². The minimum absolute atomic E-state index is 0.0342. The lowest BCUT2D eigenvalue weighted by atomic mass is 10.1. The molecular weight excluding hydrogens is 415 g/mol. The van der Waals surface area contributed by atoms with Crippen LogP contribution in [0, 0.1) is 5.82 Å². The van der Waals surface area contributed by atoms with E-state index in [2.05, 4.69) is 9.97 Å². The van der Waals surface area contributed by atoms with Crippen molar-refractivity contribution in [2.45, 2.75) is 18.9 Å². The second kappa shape index (κ2) is 9.51. The van der Waals surface area contributed by atoms with Crippen LogP contribution in [0.15, 0.2) is 54.7 Å². The van der Waals surface area contributed by atoms with Crippen molar-refractivity contribution in [1.29, 1.82) is 0 Å². The molecular formula is C23H23FN4O4. The molecule has 9 heteroatoms. The van der Waals surface area contributed by atoms with Crippen LogP contribution in [0.1, 0.15) is 23.2 Å². The fraction of sp³-hybridized carbons (Fsp3) is 0.261. The largest absolute Gasteiger partial charge is 0.497 e. The zero-order chi connectivity index (χ0) is 22.5. The summed E-state index contributed by atoms with van der Waals surface area (Å²) in [7, 11) is 1.60. The van der Waals surface area contributed by atoms with Crippen molar-refractivity contribution in [3.8, 4) is 23.3 Å². The van der Waals surface area contributed by atoms with Gasteiger partial charge < -0.3 is 24.8 Å². The molecule has 1 aliphatic rings. The lowest BCUT2D eigenvalue weighted by Gasteiger charge is -2.32. The maximum absolute atomic E-state index is 13.2. The van der Waals surface area contributed by atoms with Crippen molar-refractivity contribution in [1.82, 2.24) is 14.9 Å². The van der Waals surface area contributed by atoms with Crippen molar-refractivity contribution in [3.05, 3.63) is 66.1 Å². The number of nitrogens with two attached hydrogens (primary N) is 1. The third-order valence-electron chi connectivity index (χ3n) is 5.16. The number of para-hydroxylation sites is 1. The van der Waals surface area contributed by atoms with E-state index in [1.54, 1.807) is 54.5 Å². The highest BCUT2D eigenvalue weighted by Gasteiger charge is 2.27. The lowest BCUT2D eigenvalue weighted by Crippen LogP contribution is -2.42. The second-order valence-electron chi connectivity index (χ2n) is 7.27. The van der Waals surface area contributed by atoms with E-state index in [9.17, 15) is 9.18 Å². The molecule has 3 aromatic rings. The van der Waals surface area contributed by atoms with Gasteiger partial charge in [0, 0.05) is 25.9 Å². The van der Waals surface area contributed by atoms with Gasteiger partial charge in [-0.2, -0.15) is 4.98 Å². The van der Waals surface area contributed by atoms with E-state index in [4.69, 9.17) is 19.9 Å². The number of nitrogens with zero attached hydrogens (tertiary/aromatic N) is 3. The predicted octanol–water partition coefficient (Wildman–Crippen LogP) is 3.68. The van der Waals surface area contributed by atoms with Gasteiger partial charge in [0.15, 0.2) is 11.6 Å². The lowest BCUT2D eigenvalue weighted by molar-refractivity contribution is 0.0576. The van der Waals surface area contributed by atoms with E-state index < -0.39 is 5.82 Å². The van der Waals surface area contributed by atoms with Gasteiger partial charge in [-0.1, -0.05) is 12.1 Å². The highest BCUT2D eigenvalue weighted by atomic mass is 19.1. The van der Waals surface area contributed by atoms with Crippen molar-refractivity contribution in [2.75, 3.05) is 25.9 Å². The molecule has 1 fully saturated rings. The van der Waals surface area contributed by atoms with Gasteiger partial charge >= 0.3 is 6.01 Å². The SMILES string of the molecule is COc1ccc(Oc2ccccc2C(=O)N2CCC(Oc3ncc(F)c(N)n3)CC2)cc1. The van der Waals surface area contributed by atoms with Crippen LogP contribution in [-0.2, 0) is 0 Å². The zero-order valence-electron chi connectivity index (χ0n) is 17.5. The summed E-state index contributed by atoms with van der Waals surface area (Å²) in [5.74, 6) is 0.757. The summed E-state index contributed by atoms with van der Waals surface area (Å²) >= 11 is 0. The number of amides is 1. The first-order valence-corrected chi connectivity index (χ1v) is 10.2. The number of aromatic nitrogens is 2. The molecule has 2 aromatic carbocycles. The molecule has 1 amide bonds. The number of hydrogen-bond acceptors (Lipinski definition) is 7. The molecule has 32 heavy (non-hydrogen) atoms. The molecule has 4 rings (SSSR count). The van der Waals surface area contributed by atoms with E-state index in [1.807, 2.05) is 6.07 Å². The number of methoxy groups -OCH3 is 1. The molecule has 0 saturated carbocycles. The Morgan fingerprint density at radius 3 is 2.47 bits per heavy atom. The Morgan fingerprint density at radius 1 is 1.09 bits per heavy atom. The number of rotatable bonds is 6. The summed E-state index contributed by atoms with van der Waals surface area (Å²) in [6, 6.07) is 14.3. The molecule has 166 valence electrons. The number of likely N-dealkylation sites (tertiary alicyclic amines) is 1. The standard InChI is InChI=1S/C23H23FN4O4/c1-30-15-6-8-16(9-7-15)31-20-5-3-2-4-18(20)22(29)28-12-10-17(11-13-28)32-23-26-14-19(24)21(25)27-23/h2-9,14,17H,10-13H2,1H3,(H2,25,26,27). The average Bonchev–Trinajstić information content (AvgIpc) is 2.82. The van der Waals surface area contributed by atoms with E-state index in [1.165, 1.54) is 0 Å². The highest BCUT2D eigenvalue weighted by molar-refractivity contribution is 5.97. The van der Waals surface area contributed by atoms with Gasteiger partial charge in [-0.3, -0.25) is 4.79 Å². The van der Waals surface area contributed by atoms with Gasteiger partial charge in [-0.25, -0.2) is 9.37 Å². The number of carbonyl (C=O) groups excluding carboxylic acids is 1. The van der Waals surface area contributed by atoms with E-state index in [-0.39, 0.29) is 23.8 Å². The van der Waals surface area contributed by atoms with Gasteiger partial charge in [0.05, 0.1) is 18.9 Å². The molecule has 0 unspecified atom stereocenters. The molecule has 2 heterocycles. The van der Waals surface area contributed by atoms with Crippen LogP contribution in [-0.4, -0.2) is 47.1 Å². The van der Waals surface area contributed by atoms with Crippen molar-refractivity contribution < 1.29 is 23.4 Å². The number of halogens is 1. The van der Waals surface area contributed by atoms with Crippen LogP contribution in [0.4, 0.5) is 10.2 Å². The van der Waals surface area contributed by atoms with Gasteiger partial charge in [0.2, 0.25) is 0 Å². The molecule has 8 nitrogen and oxygen atoms in total. The monoisotopic (exact) mass is 438 g/mol. The number of carbonyl (C=O) groups is 1. The molecule has 1 aliphatic heterocycles. The zero-order valence-corrected chi connectivity index (χ0v) is 17.5. The van der Waals surface area contributed by atoms with E-state index in [0.717, 1.165) is 11.9 Å². The number of ether oxygens (including phenoxy) is 3. The minimum atomic E-state index is -0.687. The van der Waals surface area contributed by atoms with Crippen molar-refractivity contribution in [2.24, 2.45) is 0 Å². The third-order valence-corrected chi connectivity index (χ3v) is 5.16. The number of piperidine rings is 1. The summed E-state index contributed by atoms with van der Waals surface area (Å²) in [6.45, 7) is 0.994. The first kappa shape index (κ1) is 21.4. The van der Waals surface area contributed by atoms with Crippen molar-refractivity contribution in [3.63, 3.8) is 0 Å². The summed E-state index contributed by atoms with van der Waals surface area (Å²) in [4.78, 5) is 22.5. The van der Waals surface area contributed by atoms with Crippen LogP contribution in [0.2, 0.25) is 0 Å². The predicted molar refractivity (Wildman–Crippen MR) is 115 cm³/mol. The quantitative estimate of drug-likeness (QED) is 0.627.